The molecule has 2 aromatic carbocycles. The van der Waals surface area contributed by atoms with Gasteiger partial charge in [-0.3, -0.25) is 4.79 Å². The third-order valence-corrected chi connectivity index (χ3v) is 5.28. The number of carbonyl (C=O) groups excluding carboxylic acids is 1. The van der Waals surface area contributed by atoms with Gasteiger partial charge in [-0.1, -0.05) is 12.1 Å². The minimum Gasteiger partial charge on any atom is -0.494 e. The van der Waals surface area contributed by atoms with Gasteiger partial charge in [0.1, 0.15) is 18.0 Å². The van der Waals surface area contributed by atoms with E-state index in [-0.39, 0.29) is 23.9 Å². The molecule has 0 atom stereocenters. The first-order valence-corrected chi connectivity index (χ1v) is 9.80. The molecule has 1 amide bonds. The molecule has 0 N–H and O–H groups in total. The summed E-state index contributed by atoms with van der Waals surface area (Å²) in [6.07, 6.45) is 2.35. The lowest BCUT2D eigenvalue weighted by molar-refractivity contribution is -0.130. The van der Waals surface area contributed by atoms with Crippen molar-refractivity contribution in [3.63, 3.8) is 0 Å². The Morgan fingerprint density at radius 3 is 2.77 bits per heavy atom. The summed E-state index contributed by atoms with van der Waals surface area (Å²) in [7, 11) is 1.42. The number of hydrogen-bond acceptors (Lipinski definition) is 5. The van der Waals surface area contributed by atoms with Gasteiger partial charge in [-0.25, -0.2) is 18.7 Å². The highest BCUT2D eigenvalue weighted by Crippen LogP contribution is 2.29. The molecular formula is C22H22F2N4O2. The molecule has 0 bridgehead atoms. The van der Waals surface area contributed by atoms with Crippen LogP contribution in [0.25, 0.3) is 10.9 Å². The zero-order valence-electron chi connectivity index (χ0n) is 16.6. The van der Waals surface area contributed by atoms with E-state index in [0.29, 0.717) is 48.5 Å². The molecule has 2 heterocycles. The van der Waals surface area contributed by atoms with E-state index < -0.39 is 5.82 Å². The number of fused-ring (bicyclic) bond motifs is 1. The van der Waals surface area contributed by atoms with E-state index in [1.807, 2.05) is 0 Å². The molecule has 4 rings (SSSR count). The Morgan fingerprint density at radius 2 is 1.97 bits per heavy atom. The van der Waals surface area contributed by atoms with Crippen LogP contribution in [0, 0.1) is 11.6 Å². The van der Waals surface area contributed by atoms with Crippen LogP contribution < -0.4 is 9.64 Å². The van der Waals surface area contributed by atoms with Crippen LogP contribution in [0.5, 0.6) is 5.75 Å². The van der Waals surface area contributed by atoms with Gasteiger partial charge < -0.3 is 14.5 Å². The van der Waals surface area contributed by atoms with E-state index in [4.69, 9.17) is 4.74 Å². The summed E-state index contributed by atoms with van der Waals surface area (Å²) in [6.45, 7) is 2.43. The second-order valence-corrected chi connectivity index (χ2v) is 7.23. The lowest BCUT2D eigenvalue weighted by Gasteiger charge is -2.24. The highest BCUT2D eigenvalue weighted by molar-refractivity contribution is 5.90. The minimum absolute atomic E-state index is 0.0289. The van der Waals surface area contributed by atoms with E-state index in [1.54, 1.807) is 23.1 Å². The van der Waals surface area contributed by atoms with Crippen molar-refractivity contribution in [2.75, 3.05) is 38.2 Å². The third kappa shape index (κ3) is 4.17. The fraction of sp³-hybridized carbons (Fsp3) is 0.318. The molecule has 156 valence electrons. The van der Waals surface area contributed by atoms with Gasteiger partial charge in [0.05, 0.1) is 19.0 Å². The van der Waals surface area contributed by atoms with Crippen LogP contribution in [-0.4, -0.2) is 54.1 Å². The molecule has 1 fully saturated rings. The minimum atomic E-state index is -0.473. The Kier molecular flexibility index (Phi) is 5.74. The zero-order chi connectivity index (χ0) is 21.1. The molecule has 0 radical (unpaired) electrons. The molecule has 0 unspecified atom stereocenters. The summed E-state index contributed by atoms with van der Waals surface area (Å²) in [5, 5.41) is 0.704. The van der Waals surface area contributed by atoms with E-state index in [2.05, 4.69) is 14.9 Å². The zero-order valence-corrected chi connectivity index (χ0v) is 16.6. The number of methoxy groups -OCH3 is 1. The van der Waals surface area contributed by atoms with Crippen LogP contribution in [0.15, 0.2) is 42.7 Å². The van der Waals surface area contributed by atoms with Gasteiger partial charge in [0.25, 0.3) is 0 Å². The molecule has 1 aromatic heterocycles. The van der Waals surface area contributed by atoms with Crippen molar-refractivity contribution in [3.05, 3.63) is 59.9 Å². The van der Waals surface area contributed by atoms with Crippen molar-refractivity contribution in [2.45, 2.75) is 12.8 Å². The summed E-state index contributed by atoms with van der Waals surface area (Å²) in [4.78, 5) is 25.2. The molecule has 1 saturated heterocycles. The lowest BCUT2D eigenvalue weighted by atomic mass is 10.1. The molecule has 1 aliphatic heterocycles. The third-order valence-electron chi connectivity index (χ3n) is 5.28. The summed E-state index contributed by atoms with van der Waals surface area (Å²) in [5.41, 5.74) is 1.17. The number of ether oxygens (including phenoxy) is 1. The van der Waals surface area contributed by atoms with Gasteiger partial charge in [0.2, 0.25) is 5.91 Å². The number of rotatable bonds is 4. The number of halogens is 2. The lowest BCUT2D eigenvalue weighted by Crippen LogP contribution is -2.36. The Hall–Kier alpha value is -3.29. The topological polar surface area (TPSA) is 58.6 Å². The molecule has 30 heavy (non-hydrogen) atoms. The van der Waals surface area contributed by atoms with Crippen LogP contribution in [0.1, 0.15) is 12.0 Å². The first kappa shape index (κ1) is 20.0. The number of hydrogen-bond donors (Lipinski definition) is 0. The normalized spacial score (nSPS) is 14.6. The average Bonchev–Trinajstić information content (AvgIpc) is 2.99. The second kappa shape index (κ2) is 8.61. The molecule has 0 aliphatic carbocycles. The number of nitrogens with zero attached hydrogens (tertiary/aromatic N) is 4. The van der Waals surface area contributed by atoms with Crippen molar-refractivity contribution in [3.8, 4) is 5.75 Å². The molecular weight excluding hydrogens is 390 g/mol. The Labute approximate surface area is 173 Å². The predicted molar refractivity (Wildman–Crippen MR) is 110 cm³/mol. The van der Waals surface area contributed by atoms with Gasteiger partial charge in [-0.15, -0.1) is 0 Å². The highest BCUT2D eigenvalue weighted by Gasteiger charge is 2.22. The monoisotopic (exact) mass is 412 g/mol. The van der Waals surface area contributed by atoms with Gasteiger partial charge in [-0.2, -0.15) is 0 Å². The quantitative estimate of drug-likeness (QED) is 0.659. The maximum Gasteiger partial charge on any atom is 0.227 e. The molecule has 8 heteroatoms. The first-order valence-electron chi connectivity index (χ1n) is 9.80. The maximum atomic E-state index is 14.0. The highest BCUT2D eigenvalue weighted by atomic mass is 19.1. The summed E-state index contributed by atoms with van der Waals surface area (Å²) in [6, 6.07) is 9.07. The van der Waals surface area contributed by atoms with Crippen LogP contribution in [0.4, 0.5) is 14.6 Å². The number of aromatic nitrogens is 2. The summed E-state index contributed by atoms with van der Waals surface area (Å²) >= 11 is 0. The van der Waals surface area contributed by atoms with Crippen molar-refractivity contribution >= 4 is 22.6 Å². The average molecular weight is 412 g/mol. The van der Waals surface area contributed by atoms with Crippen LogP contribution in [0.3, 0.4) is 0 Å². The molecule has 0 saturated carbocycles. The van der Waals surface area contributed by atoms with Crippen molar-refractivity contribution in [1.29, 1.82) is 0 Å². The fourth-order valence-electron chi connectivity index (χ4n) is 3.76. The van der Waals surface area contributed by atoms with E-state index >= 15 is 0 Å². The van der Waals surface area contributed by atoms with Gasteiger partial charge in [0.15, 0.2) is 11.6 Å². The number of carbonyl (C=O) groups is 1. The van der Waals surface area contributed by atoms with Gasteiger partial charge >= 0.3 is 0 Å². The Balaban J connectivity index is 1.51. The number of anilines is 1. The predicted octanol–water partition coefficient (Wildman–Crippen LogP) is 3.20. The SMILES string of the molecule is COc1cc2c(N3CCCN(C(=O)Cc4cccc(F)c4)CC3)ncnc2cc1F. The Morgan fingerprint density at radius 1 is 1.10 bits per heavy atom. The molecule has 6 nitrogen and oxygen atoms in total. The molecule has 0 spiro atoms. The molecule has 1 aliphatic rings. The largest absolute Gasteiger partial charge is 0.494 e. The number of benzene rings is 2. The van der Waals surface area contributed by atoms with Crippen LogP contribution in [-0.2, 0) is 11.2 Å². The van der Waals surface area contributed by atoms with Crippen LogP contribution in [0.2, 0.25) is 0 Å². The number of amides is 1. The van der Waals surface area contributed by atoms with E-state index in [0.717, 1.165) is 6.42 Å². The van der Waals surface area contributed by atoms with Crippen molar-refractivity contribution in [1.82, 2.24) is 14.9 Å². The van der Waals surface area contributed by atoms with E-state index in [9.17, 15) is 13.6 Å². The second-order valence-electron chi connectivity index (χ2n) is 7.23. The maximum absolute atomic E-state index is 14.0. The smallest absolute Gasteiger partial charge is 0.227 e. The van der Waals surface area contributed by atoms with Crippen molar-refractivity contribution in [2.24, 2.45) is 0 Å². The van der Waals surface area contributed by atoms with Gasteiger partial charge in [0, 0.05) is 37.6 Å². The van der Waals surface area contributed by atoms with Crippen LogP contribution >= 0.6 is 0 Å². The van der Waals surface area contributed by atoms with Gasteiger partial charge in [-0.05, 0) is 30.2 Å². The molecule has 3 aromatic rings. The standard InChI is InChI=1S/C22H22F2N4O2/c1-30-20-12-17-19(13-18(20)24)25-14-26-22(17)28-7-3-6-27(8-9-28)21(29)11-15-4-2-5-16(23)10-15/h2,4-5,10,12-14H,3,6-9,11H2,1H3. The first-order chi connectivity index (χ1) is 14.5. The Bertz CT molecular complexity index is 1080. The van der Waals surface area contributed by atoms with Crippen molar-refractivity contribution < 1.29 is 18.3 Å². The summed E-state index contributed by atoms with van der Waals surface area (Å²) < 4.78 is 32.5. The fourth-order valence-corrected chi connectivity index (χ4v) is 3.76. The van der Waals surface area contributed by atoms with E-state index in [1.165, 1.54) is 31.6 Å². The summed E-state index contributed by atoms with van der Waals surface area (Å²) in [5.74, 6) is -0.0128.